The van der Waals surface area contributed by atoms with Gasteiger partial charge in [0.05, 0.1) is 9.85 Å². The van der Waals surface area contributed by atoms with Gasteiger partial charge in [-0.2, -0.15) is 0 Å². The molecule has 42 heavy (non-hydrogen) atoms. The van der Waals surface area contributed by atoms with Crippen molar-refractivity contribution in [2.45, 2.75) is 22.3 Å². The van der Waals surface area contributed by atoms with Gasteiger partial charge in [-0.05, 0) is 81.2 Å². The molecule has 0 N–H and O–H groups in total. The number of ether oxygens (including phenoxy) is 2. The molecule has 4 aromatic rings. The Bertz CT molecular complexity index is 1360. The highest BCUT2D eigenvalue weighted by Gasteiger charge is 2.24. The molecule has 2 aromatic carbocycles. The maximum Gasteiger partial charge on any atom is 0.509 e. The molecule has 2 aromatic heterocycles. The fraction of sp³-hybridized carbons (Fsp3) is 0.148. The fourth-order valence-corrected chi connectivity index (χ4v) is 7.47. The Hall–Kier alpha value is -3.79. The number of hydrogen-bond donors (Lipinski definition) is 0. The molecule has 0 bridgehead atoms. The Balaban J connectivity index is 1.47. The van der Waals surface area contributed by atoms with E-state index < -0.39 is 28.2 Å². The summed E-state index contributed by atoms with van der Waals surface area (Å²) in [6.07, 6.45) is 0.828. The third kappa shape index (κ3) is 9.65. The van der Waals surface area contributed by atoms with Crippen molar-refractivity contribution in [3.05, 3.63) is 129 Å². The van der Waals surface area contributed by atoms with Crippen molar-refractivity contribution in [1.29, 1.82) is 0 Å². The molecule has 2 heterocycles. The van der Waals surface area contributed by atoms with Crippen LogP contribution in [0.25, 0.3) is 0 Å². The summed E-state index contributed by atoms with van der Waals surface area (Å²) in [6, 6.07) is 22.6. The summed E-state index contributed by atoms with van der Waals surface area (Å²) in [6.45, 7) is 0. The summed E-state index contributed by atoms with van der Waals surface area (Å²) in [5.74, 6) is 0.612. The van der Waals surface area contributed by atoms with E-state index in [1.165, 1.54) is 91.7 Å². The highest BCUT2D eigenvalue weighted by molar-refractivity contribution is 8.77. The van der Waals surface area contributed by atoms with Crippen LogP contribution in [-0.2, 0) is 9.47 Å². The molecule has 15 heteroatoms. The van der Waals surface area contributed by atoms with E-state index in [0.717, 1.165) is 10.1 Å². The van der Waals surface area contributed by atoms with Gasteiger partial charge in [-0.25, -0.2) is 14.8 Å². The van der Waals surface area contributed by atoms with Crippen LogP contribution >= 0.6 is 43.2 Å². The summed E-state index contributed by atoms with van der Waals surface area (Å²) < 4.78 is 11.5. The fourth-order valence-electron chi connectivity index (χ4n) is 3.38. The molecule has 0 saturated carbocycles. The molecule has 0 aliphatic heterocycles. The topological polar surface area (TPSA) is 148 Å². The van der Waals surface area contributed by atoms with Gasteiger partial charge in [0.15, 0.2) is 0 Å². The van der Waals surface area contributed by atoms with E-state index in [9.17, 15) is 25.0 Å². The lowest BCUT2D eigenvalue weighted by atomic mass is 10.1. The number of hydrogen-bond acceptors (Lipinski definition) is 13. The third-order valence-electron chi connectivity index (χ3n) is 5.43. The van der Waals surface area contributed by atoms with Crippen LogP contribution in [0.4, 0.5) is 16.2 Å². The molecular weight excluding hydrogens is 621 g/mol. The van der Waals surface area contributed by atoms with Gasteiger partial charge >= 0.3 is 6.16 Å². The van der Waals surface area contributed by atoms with Gasteiger partial charge in [0.1, 0.15) is 22.3 Å². The number of nitro benzene ring substituents is 2. The summed E-state index contributed by atoms with van der Waals surface area (Å²) in [5, 5.41) is 23.8. The molecule has 216 valence electrons. The van der Waals surface area contributed by atoms with Crippen molar-refractivity contribution < 1.29 is 24.1 Å². The number of nitrogens with zero attached hydrogens (tertiary/aromatic N) is 4. The highest BCUT2D eigenvalue weighted by Crippen LogP contribution is 2.37. The van der Waals surface area contributed by atoms with E-state index >= 15 is 0 Å². The SMILES string of the molecule is O=C(OC(CSSc1ccccn1)c1ccc([N+](=O)[O-])cc1)OC(CSSc1ccccn1)c1ccc([N+](=O)[O-])cc1. The van der Waals surface area contributed by atoms with E-state index in [1.54, 1.807) is 12.4 Å². The number of nitro groups is 2. The van der Waals surface area contributed by atoms with Crippen molar-refractivity contribution in [2.24, 2.45) is 0 Å². The Morgan fingerprint density at radius 2 is 1.07 bits per heavy atom. The van der Waals surface area contributed by atoms with Gasteiger partial charge in [-0.1, -0.05) is 33.7 Å². The third-order valence-corrected chi connectivity index (χ3v) is 9.92. The van der Waals surface area contributed by atoms with Crippen LogP contribution in [0.2, 0.25) is 0 Å². The molecule has 0 aliphatic rings. The summed E-state index contributed by atoms with van der Waals surface area (Å²) >= 11 is 0. The first kappa shape index (κ1) is 31.2. The van der Waals surface area contributed by atoms with Gasteiger partial charge in [-0.15, -0.1) is 0 Å². The lowest BCUT2D eigenvalue weighted by molar-refractivity contribution is -0.385. The number of carbonyl (C=O) groups is 1. The minimum atomic E-state index is -0.950. The zero-order chi connectivity index (χ0) is 29.7. The number of pyridine rings is 2. The summed E-state index contributed by atoms with van der Waals surface area (Å²) in [7, 11) is 5.60. The molecule has 0 amide bonds. The molecule has 0 radical (unpaired) electrons. The Morgan fingerprint density at radius 1 is 0.667 bits per heavy atom. The Labute approximate surface area is 256 Å². The molecule has 0 saturated heterocycles. The smallest absolute Gasteiger partial charge is 0.425 e. The molecule has 0 fully saturated rings. The van der Waals surface area contributed by atoms with Gasteiger partial charge in [-0.3, -0.25) is 20.2 Å². The van der Waals surface area contributed by atoms with E-state index in [-0.39, 0.29) is 11.4 Å². The summed E-state index contributed by atoms with van der Waals surface area (Å²) in [4.78, 5) is 42.9. The predicted molar refractivity (Wildman–Crippen MR) is 164 cm³/mol. The van der Waals surface area contributed by atoms with E-state index in [0.29, 0.717) is 22.6 Å². The maximum atomic E-state index is 13.1. The summed E-state index contributed by atoms with van der Waals surface area (Å²) in [5.41, 5.74) is 0.935. The zero-order valence-electron chi connectivity index (χ0n) is 21.6. The van der Waals surface area contributed by atoms with Crippen molar-refractivity contribution in [3.63, 3.8) is 0 Å². The zero-order valence-corrected chi connectivity index (χ0v) is 24.9. The quantitative estimate of drug-likeness (QED) is 0.0565. The standard InChI is InChI=1S/C27H22N4O7S4/c32-27(37-23(17-39-41-25-5-1-3-15-28-25)19-7-11-21(12-8-19)30(33)34)38-24(18-40-42-26-6-2-4-16-29-26)20-9-13-22(14-10-20)31(35)36/h1-16,23-24H,17-18H2. The van der Waals surface area contributed by atoms with Crippen LogP contribution in [0, 0.1) is 20.2 Å². The first-order valence-corrected chi connectivity index (χ1v) is 16.8. The molecule has 2 atom stereocenters. The second-order valence-corrected chi connectivity index (χ2v) is 13.0. The Morgan fingerprint density at radius 3 is 1.40 bits per heavy atom. The highest BCUT2D eigenvalue weighted by atomic mass is 33.1. The minimum Gasteiger partial charge on any atom is -0.425 e. The predicted octanol–water partition coefficient (Wildman–Crippen LogP) is 8.11. The first-order valence-electron chi connectivity index (χ1n) is 12.2. The van der Waals surface area contributed by atoms with Crippen molar-refractivity contribution >= 4 is 60.7 Å². The largest absolute Gasteiger partial charge is 0.509 e. The van der Waals surface area contributed by atoms with E-state index in [4.69, 9.17) is 9.47 Å². The lowest BCUT2D eigenvalue weighted by Gasteiger charge is -2.21. The number of aromatic nitrogens is 2. The molecular formula is C27H22N4O7S4. The second-order valence-electron chi connectivity index (χ2n) is 8.23. The van der Waals surface area contributed by atoms with Gasteiger partial charge in [0.25, 0.3) is 11.4 Å². The van der Waals surface area contributed by atoms with Crippen LogP contribution in [0.15, 0.2) is 107 Å². The van der Waals surface area contributed by atoms with Crippen LogP contribution < -0.4 is 0 Å². The van der Waals surface area contributed by atoms with Crippen LogP contribution in [0.1, 0.15) is 23.3 Å². The van der Waals surface area contributed by atoms with E-state index in [1.807, 2.05) is 36.4 Å². The maximum absolute atomic E-state index is 13.1. The molecule has 0 aliphatic carbocycles. The molecule has 0 spiro atoms. The number of non-ortho nitro benzene ring substituents is 2. The van der Waals surface area contributed by atoms with Crippen molar-refractivity contribution in [1.82, 2.24) is 9.97 Å². The van der Waals surface area contributed by atoms with Gasteiger partial charge in [0, 0.05) is 48.2 Å². The normalized spacial score (nSPS) is 12.2. The van der Waals surface area contributed by atoms with Gasteiger partial charge < -0.3 is 9.47 Å². The molecule has 11 nitrogen and oxygen atoms in total. The molecule has 4 rings (SSSR count). The van der Waals surface area contributed by atoms with Crippen molar-refractivity contribution in [3.8, 4) is 0 Å². The monoisotopic (exact) mass is 642 g/mol. The van der Waals surface area contributed by atoms with Crippen molar-refractivity contribution in [2.75, 3.05) is 11.5 Å². The number of benzene rings is 2. The van der Waals surface area contributed by atoms with E-state index in [2.05, 4.69) is 9.97 Å². The van der Waals surface area contributed by atoms with Gasteiger partial charge in [0.2, 0.25) is 0 Å². The minimum absolute atomic E-state index is 0.0868. The molecule has 2 unspecified atom stereocenters. The number of carbonyl (C=O) groups excluding carboxylic acids is 1. The Kier molecular flexibility index (Phi) is 11.9. The second kappa shape index (κ2) is 16.0. The lowest BCUT2D eigenvalue weighted by Crippen LogP contribution is -2.18. The van der Waals surface area contributed by atoms with Crippen LogP contribution in [0.3, 0.4) is 0 Å². The van der Waals surface area contributed by atoms with Crippen LogP contribution in [0.5, 0.6) is 0 Å². The average molecular weight is 643 g/mol. The average Bonchev–Trinajstić information content (AvgIpc) is 3.01. The number of rotatable bonds is 14. The van der Waals surface area contributed by atoms with Crippen LogP contribution in [-0.4, -0.2) is 37.5 Å². The first-order chi connectivity index (χ1) is 20.4.